The minimum atomic E-state index is -1.07. The topological polar surface area (TPSA) is 85.1 Å². The lowest BCUT2D eigenvalue weighted by molar-refractivity contribution is -0.122. The van der Waals surface area contributed by atoms with Crippen LogP contribution in [0, 0.1) is 11.3 Å². The van der Waals surface area contributed by atoms with Crippen LogP contribution in [0.1, 0.15) is 35.7 Å². The van der Waals surface area contributed by atoms with Gasteiger partial charge in [-0.3, -0.25) is 9.69 Å². The van der Waals surface area contributed by atoms with E-state index in [4.69, 9.17) is 9.97 Å². The normalized spacial score (nSPS) is 15.6. The summed E-state index contributed by atoms with van der Waals surface area (Å²) in [6, 6.07) is 29.8. The molecule has 186 valence electrons. The SMILES string of the molecule is C[C@@H](NC(=O)[C@@H](C#N)c1nc2ccccc2nc1N1CCN(Cc2ccccc2)CC1)c1ccccc1. The molecule has 4 aromatic rings. The zero-order chi connectivity index (χ0) is 25.6. The largest absolute Gasteiger partial charge is 0.352 e. The summed E-state index contributed by atoms with van der Waals surface area (Å²) in [5.74, 6) is -0.819. The fourth-order valence-electron chi connectivity index (χ4n) is 4.76. The van der Waals surface area contributed by atoms with Gasteiger partial charge in [0.25, 0.3) is 0 Å². The molecule has 0 spiro atoms. The molecule has 1 saturated heterocycles. The highest BCUT2D eigenvalue weighted by Crippen LogP contribution is 2.29. The summed E-state index contributed by atoms with van der Waals surface area (Å²) in [6.45, 7) is 6.01. The first-order chi connectivity index (χ1) is 18.1. The molecule has 3 aromatic carbocycles. The van der Waals surface area contributed by atoms with Crippen LogP contribution in [0.3, 0.4) is 0 Å². The quantitative estimate of drug-likeness (QED) is 0.412. The third kappa shape index (κ3) is 5.60. The van der Waals surface area contributed by atoms with Crippen LogP contribution >= 0.6 is 0 Å². The molecule has 0 saturated carbocycles. The number of nitrogens with one attached hydrogen (secondary N) is 1. The Morgan fingerprint density at radius 1 is 0.892 bits per heavy atom. The van der Waals surface area contributed by atoms with E-state index in [9.17, 15) is 10.1 Å². The zero-order valence-corrected chi connectivity index (χ0v) is 20.9. The van der Waals surface area contributed by atoms with Gasteiger partial charge in [0.1, 0.15) is 5.69 Å². The molecule has 5 rings (SSSR count). The van der Waals surface area contributed by atoms with Crippen molar-refractivity contribution in [3.63, 3.8) is 0 Å². The number of carbonyl (C=O) groups excluding carboxylic acids is 1. The highest BCUT2D eigenvalue weighted by Gasteiger charge is 2.31. The first-order valence-corrected chi connectivity index (χ1v) is 12.6. The molecular formula is C30H30N6O. The molecule has 2 atom stereocenters. The van der Waals surface area contributed by atoms with E-state index in [2.05, 4.69) is 45.5 Å². The molecule has 1 amide bonds. The first-order valence-electron chi connectivity index (χ1n) is 12.6. The summed E-state index contributed by atoms with van der Waals surface area (Å²) in [6.07, 6.45) is 0. The fourth-order valence-corrected chi connectivity index (χ4v) is 4.76. The molecular weight excluding hydrogens is 460 g/mol. The van der Waals surface area contributed by atoms with Crippen molar-refractivity contribution in [3.8, 4) is 6.07 Å². The van der Waals surface area contributed by atoms with Crippen LogP contribution in [0.25, 0.3) is 11.0 Å². The summed E-state index contributed by atoms with van der Waals surface area (Å²) in [4.78, 5) is 27.6. The van der Waals surface area contributed by atoms with Crippen LogP contribution in [0.5, 0.6) is 0 Å². The summed E-state index contributed by atoms with van der Waals surface area (Å²) in [5.41, 5.74) is 4.11. The standard InChI is InChI=1S/C30H30N6O/c1-22(24-12-6-3-7-13-24)32-30(37)25(20-31)28-29(34-27-15-9-8-14-26(27)33-28)36-18-16-35(17-19-36)21-23-10-4-2-5-11-23/h2-15,22,25H,16-19,21H2,1H3,(H,32,37)/t22-,25+/m1/s1. The van der Waals surface area contributed by atoms with Crippen LogP contribution in [0.2, 0.25) is 0 Å². The second-order valence-corrected chi connectivity index (χ2v) is 9.37. The average molecular weight is 491 g/mol. The number of benzene rings is 3. The lowest BCUT2D eigenvalue weighted by Crippen LogP contribution is -2.47. The van der Waals surface area contributed by atoms with E-state index >= 15 is 0 Å². The van der Waals surface area contributed by atoms with Crippen LogP contribution in [0.15, 0.2) is 84.9 Å². The Labute approximate surface area is 217 Å². The van der Waals surface area contributed by atoms with Gasteiger partial charge in [0, 0.05) is 32.7 Å². The number of carbonyl (C=O) groups is 1. The van der Waals surface area contributed by atoms with Crippen molar-refractivity contribution < 1.29 is 4.79 Å². The van der Waals surface area contributed by atoms with Crippen molar-refractivity contribution in [2.45, 2.75) is 25.4 Å². The lowest BCUT2D eigenvalue weighted by Gasteiger charge is -2.36. The van der Waals surface area contributed by atoms with E-state index in [0.717, 1.165) is 43.8 Å². The summed E-state index contributed by atoms with van der Waals surface area (Å²) < 4.78 is 0. The molecule has 7 nitrogen and oxygen atoms in total. The van der Waals surface area contributed by atoms with Gasteiger partial charge in [0.2, 0.25) is 5.91 Å². The Morgan fingerprint density at radius 3 is 2.14 bits per heavy atom. The minimum Gasteiger partial charge on any atom is -0.352 e. The highest BCUT2D eigenvalue weighted by molar-refractivity contribution is 5.89. The van der Waals surface area contributed by atoms with E-state index in [1.54, 1.807) is 0 Å². The number of amides is 1. The maximum absolute atomic E-state index is 13.4. The molecule has 7 heteroatoms. The van der Waals surface area contributed by atoms with Crippen molar-refractivity contribution in [1.82, 2.24) is 20.2 Å². The summed E-state index contributed by atoms with van der Waals surface area (Å²) in [7, 11) is 0. The van der Waals surface area contributed by atoms with Crippen LogP contribution < -0.4 is 10.2 Å². The van der Waals surface area contributed by atoms with Crippen molar-refractivity contribution in [2.75, 3.05) is 31.1 Å². The number of anilines is 1. The monoisotopic (exact) mass is 490 g/mol. The Kier molecular flexibility index (Phi) is 7.38. The van der Waals surface area contributed by atoms with Gasteiger partial charge in [-0.25, -0.2) is 9.97 Å². The molecule has 1 aliphatic rings. The van der Waals surface area contributed by atoms with Crippen molar-refractivity contribution in [2.24, 2.45) is 0 Å². The second kappa shape index (κ2) is 11.2. The van der Waals surface area contributed by atoms with Gasteiger partial charge in [0.05, 0.1) is 23.1 Å². The minimum absolute atomic E-state index is 0.233. The number of fused-ring (bicyclic) bond motifs is 1. The molecule has 0 radical (unpaired) electrons. The number of aromatic nitrogens is 2. The van der Waals surface area contributed by atoms with E-state index < -0.39 is 5.92 Å². The van der Waals surface area contributed by atoms with Crippen LogP contribution in [0.4, 0.5) is 5.82 Å². The Balaban J connectivity index is 1.39. The number of rotatable bonds is 7. The number of hydrogen-bond donors (Lipinski definition) is 1. The molecule has 37 heavy (non-hydrogen) atoms. The van der Waals surface area contributed by atoms with Gasteiger partial charge in [-0.05, 0) is 30.2 Å². The molecule has 0 bridgehead atoms. The first kappa shape index (κ1) is 24.4. The predicted octanol–water partition coefficient (Wildman–Crippen LogP) is 4.44. The molecule has 1 aliphatic heterocycles. The van der Waals surface area contributed by atoms with E-state index in [1.165, 1.54) is 5.56 Å². The maximum atomic E-state index is 13.4. The number of para-hydroxylation sites is 2. The summed E-state index contributed by atoms with van der Waals surface area (Å²) in [5, 5.41) is 13.1. The van der Waals surface area contributed by atoms with E-state index in [1.807, 2.05) is 67.6 Å². The van der Waals surface area contributed by atoms with Gasteiger partial charge in [-0.2, -0.15) is 5.26 Å². The van der Waals surface area contributed by atoms with Gasteiger partial charge >= 0.3 is 0 Å². The fraction of sp³-hybridized carbons (Fsp3) is 0.267. The zero-order valence-electron chi connectivity index (χ0n) is 20.9. The van der Waals surface area contributed by atoms with Gasteiger partial charge in [-0.1, -0.05) is 72.8 Å². The lowest BCUT2D eigenvalue weighted by atomic mass is 10.0. The van der Waals surface area contributed by atoms with Crippen molar-refractivity contribution in [1.29, 1.82) is 5.26 Å². The molecule has 1 aromatic heterocycles. The second-order valence-electron chi connectivity index (χ2n) is 9.37. The van der Waals surface area contributed by atoms with E-state index in [0.29, 0.717) is 17.0 Å². The molecule has 0 aliphatic carbocycles. The molecule has 1 fully saturated rings. The highest BCUT2D eigenvalue weighted by atomic mass is 16.2. The third-order valence-corrected chi connectivity index (χ3v) is 6.82. The Hall–Kier alpha value is -4.28. The van der Waals surface area contributed by atoms with E-state index in [-0.39, 0.29) is 11.9 Å². The van der Waals surface area contributed by atoms with Gasteiger partial charge in [-0.15, -0.1) is 0 Å². The van der Waals surface area contributed by atoms with Gasteiger partial charge in [0.15, 0.2) is 11.7 Å². The van der Waals surface area contributed by atoms with Gasteiger partial charge < -0.3 is 10.2 Å². The van der Waals surface area contributed by atoms with Crippen LogP contribution in [-0.4, -0.2) is 47.0 Å². The molecule has 0 unspecified atom stereocenters. The molecule has 2 heterocycles. The summed E-state index contributed by atoms with van der Waals surface area (Å²) >= 11 is 0. The molecule has 1 N–H and O–H groups in total. The number of hydrogen-bond acceptors (Lipinski definition) is 6. The third-order valence-electron chi connectivity index (χ3n) is 6.82. The predicted molar refractivity (Wildman–Crippen MR) is 145 cm³/mol. The maximum Gasteiger partial charge on any atom is 0.244 e. The Bertz CT molecular complexity index is 1390. The van der Waals surface area contributed by atoms with Crippen molar-refractivity contribution in [3.05, 3.63) is 102 Å². The van der Waals surface area contributed by atoms with Crippen LogP contribution in [-0.2, 0) is 11.3 Å². The Morgan fingerprint density at radius 2 is 1.49 bits per heavy atom. The number of nitriles is 1. The van der Waals surface area contributed by atoms with Crippen molar-refractivity contribution >= 4 is 22.8 Å². The smallest absolute Gasteiger partial charge is 0.244 e. The average Bonchev–Trinajstić information content (AvgIpc) is 2.94. The number of nitrogens with zero attached hydrogens (tertiary/aromatic N) is 5. The number of piperazine rings is 1.